The van der Waals surface area contributed by atoms with Crippen LogP contribution >= 0.6 is 11.6 Å². The van der Waals surface area contributed by atoms with Gasteiger partial charge < -0.3 is 10.5 Å². The lowest BCUT2D eigenvalue weighted by atomic mass is 9.69. The topological polar surface area (TPSA) is 65.2 Å². The molecule has 0 saturated heterocycles. The van der Waals surface area contributed by atoms with E-state index in [2.05, 4.69) is 63.9 Å². The molecule has 1 heterocycles. The fourth-order valence-corrected chi connectivity index (χ4v) is 5.16. The Hall–Kier alpha value is -2.07. The Labute approximate surface area is 191 Å². The summed E-state index contributed by atoms with van der Waals surface area (Å²) >= 11 is 6.99. The Bertz CT molecular complexity index is 939. The van der Waals surface area contributed by atoms with E-state index >= 15 is 0 Å². The summed E-state index contributed by atoms with van der Waals surface area (Å²) in [5, 5.41) is 0. The van der Waals surface area contributed by atoms with E-state index in [1.165, 1.54) is 17.3 Å². The fourth-order valence-electron chi connectivity index (χ4n) is 4.93. The molecule has 0 bridgehead atoms. The smallest absolute Gasteiger partial charge is 0.250 e. The normalized spacial score (nSPS) is 29.9. The number of pyridine rings is 1. The number of nitrogens with two attached hydrogens (primary N) is 1. The van der Waals surface area contributed by atoms with E-state index in [4.69, 9.17) is 22.1 Å². The van der Waals surface area contributed by atoms with Gasteiger partial charge in [-0.1, -0.05) is 39.8 Å². The number of carbonyl (C=O) groups excluding carboxylic acids is 1. The van der Waals surface area contributed by atoms with Crippen molar-refractivity contribution in [3.8, 4) is 5.88 Å². The maximum absolute atomic E-state index is 11.3. The molecule has 0 radical (unpaired) electrons. The molecule has 2 unspecified atom stereocenters. The van der Waals surface area contributed by atoms with Gasteiger partial charge in [-0.05, 0) is 79.7 Å². The van der Waals surface area contributed by atoms with E-state index in [0.717, 1.165) is 25.7 Å². The van der Waals surface area contributed by atoms with Crippen molar-refractivity contribution in [3.05, 3.63) is 59.3 Å². The number of hydrogen-bond acceptors (Lipinski definition) is 3. The number of rotatable bonds is 3. The van der Waals surface area contributed by atoms with Crippen LogP contribution in [0.2, 0.25) is 0 Å². The van der Waals surface area contributed by atoms with Gasteiger partial charge in [-0.25, -0.2) is 4.98 Å². The van der Waals surface area contributed by atoms with E-state index in [0.29, 0.717) is 11.4 Å². The molecule has 5 heteroatoms. The van der Waals surface area contributed by atoms with Crippen LogP contribution in [0.3, 0.4) is 0 Å². The third kappa shape index (κ3) is 5.79. The maximum atomic E-state index is 11.3. The van der Waals surface area contributed by atoms with Crippen molar-refractivity contribution in [2.24, 2.45) is 16.6 Å². The highest BCUT2D eigenvalue weighted by Gasteiger charge is 2.38. The highest BCUT2D eigenvalue weighted by atomic mass is 35.5. The average molecular weight is 443 g/mol. The molecule has 4 nitrogen and oxygen atoms in total. The van der Waals surface area contributed by atoms with Crippen LogP contribution in [-0.4, -0.2) is 21.4 Å². The van der Waals surface area contributed by atoms with Crippen LogP contribution in [0.4, 0.5) is 0 Å². The first-order chi connectivity index (χ1) is 14.2. The number of amides is 1. The second-order valence-electron chi connectivity index (χ2n) is 11.0. The lowest BCUT2D eigenvalue weighted by Crippen LogP contribution is -2.28. The minimum Gasteiger partial charge on any atom is -0.463 e. The molecule has 1 aromatic heterocycles. The molecule has 0 fully saturated rings. The van der Waals surface area contributed by atoms with Crippen LogP contribution in [0.5, 0.6) is 5.88 Å². The van der Waals surface area contributed by atoms with Gasteiger partial charge in [0.1, 0.15) is 5.60 Å². The molecule has 168 valence electrons. The predicted octanol–water partition coefficient (Wildman–Crippen LogP) is 6.36. The van der Waals surface area contributed by atoms with Crippen molar-refractivity contribution in [1.82, 2.24) is 4.98 Å². The molecule has 31 heavy (non-hydrogen) atoms. The Morgan fingerprint density at radius 1 is 1.06 bits per heavy atom. The van der Waals surface area contributed by atoms with Gasteiger partial charge in [0.05, 0.1) is 5.56 Å². The van der Waals surface area contributed by atoms with Crippen LogP contribution in [0.15, 0.2) is 53.8 Å². The molecule has 0 saturated carbocycles. The van der Waals surface area contributed by atoms with E-state index in [1.807, 2.05) is 6.92 Å². The molecule has 0 spiro atoms. The molecule has 2 aliphatic rings. The summed E-state index contributed by atoms with van der Waals surface area (Å²) < 4.78 is 6.22. The quantitative estimate of drug-likeness (QED) is 0.553. The number of halogens is 1. The van der Waals surface area contributed by atoms with Crippen LogP contribution < -0.4 is 10.5 Å². The van der Waals surface area contributed by atoms with Crippen molar-refractivity contribution in [3.63, 3.8) is 0 Å². The third-order valence-corrected chi connectivity index (χ3v) is 6.74. The highest BCUT2D eigenvalue weighted by Crippen LogP contribution is 2.49. The molecule has 0 aromatic carbocycles. The number of allylic oxidation sites excluding steroid dienone is 4. The zero-order chi connectivity index (χ0) is 23.1. The van der Waals surface area contributed by atoms with Gasteiger partial charge >= 0.3 is 0 Å². The molecule has 2 aliphatic carbocycles. The Kier molecular flexibility index (Phi) is 6.18. The number of aromatic nitrogens is 1. The minimum absolute atomic E-state index is 0.00359. The summed E-state index contributed by atoms with van der Waals surface area (Å²) in [6.07, 6.45) is 14.0. The summed E-state index contributed by atoms with van der Waals surface area (Å²) in [5.41, 5.74) is 7.78. The molecular formula is C26H35ClN2O2. The fraction of sp³-hybridized carbons (Fsp3) is 0.538. The van der Waals surface area contributed by atoms with Crippen molar-refractivity contribution >= 4 is 17.5 Å². The monoisotopic (exact) mass is 442 g/mol. The number of primary amides is 1. The van der Waals surface area contributed by atoms with Crippen molar-refractivity contribution in [2.75, 3.05) is 0 Å². The van der Waals surface area contributed by atoms with E-state index in [-0.39, 0.29) is 15.7 Å². The van der Waals surface area contributed by atoms with Gasteiger partial charge in [0, 0.05) is 17.1 Å². The Morgan fingerprint density at radius 2 is 1.74 bits per heavy atom. The largest absolute Gasteiger partial charge is 0.463 e. The third-order valence-electron chi connectivity index (χ3n) is 6.42. The number of nitrogens with zero attached hydrogens (tertiary/aromatic N) is 1. The maximum Gasteiger partial charge on any atom is 0.250 e. The predicted molar refractivity (Wildman–Crippen MR) is 127 cm³/mol. The van der Waals surface area contributed by atoms with Crippen molar-refractivity contribution < 1.29 is 9.53 Å². The minimum atomic E-state index is -0.674. The van der Waals surface area contributed by atoms with Crippen LogP contribution in [0, 0.1) is 10.8 Å². The standard InChI is InChI=1S/C26H35ClN2O2/c1-23(2)13-14-25(5,27)15-18-9-11-26(6,12-10-20(18)24(3,4)17-23)31-21-8-7-19(16-29-21)22(28)30/h7-12,16H,13-15,17H2,1-6H3,(H2,28,30). The zero-order valence-corrected chi connectivity index (χ0v) is 20.3. The summed E-state index contributed by atoms with van der Waals surface area (Å²) in [6, 6.07) is 3.30. The number of alkyl halides is 1. The summed E-state index contributed by atoms with van der Waals surface area (Å²) in [7, 11) is 0. The molecule has 3 rings (SSSR count). The summed E-state index contributed by atoms with van der Waals surface area (Å²) in [4.78, 5) is 15.3. The highest BCUT2D eigenvalue weighted by molar-refractivity contribution is 6.23. The lowest BCUT2D eigenvalue weighted by molar-refractivity contribution is 0.0999. The zero-order valence-electron chi connectivity index (χ0n) is 19.6. The number of hydrogen-bond donors (Lipinski definition) is 1. The van der Waals surface area contributed by atoms with Crippen LogP contribution in [0.1, 0.15) is 77.6 Å². The van der Waals surface area contributed by atoms with Crippen molar-refractivity contribution in [2.45, 2.75) is 77.7 Å². The molecule has 1 amide bonds. The van der Waals surface area contributed by atoms with Crippen molar-refractivity contribution in [1.29, 1.82) is 0 Å². The molecule has 0 aliphatic heterocycles. The van der Waals surface area contributed by atoms with E-state index < -0.39 is 11.5 Å². The average Bonchev–Trinajstić information content (AvgIpc) is 2.77. The van der Waals surface area contributed by atoms with E-state index in [9.17, 15) is 4.79 Å². The summed E-state index contributed by atoms with van der Waals surface area (Å²) in [6.45, 7) is 13.5. The second-order valence-corrected chi connectivity index (χ2v) is 11.9. The van der Waals surface area contributed by atoms with Gasteiger partial charge in [0.15, 0.2) is 0 Å². The molecule has 2 N–H and O–H groups in total. The first-order valence-electron chi connectivity index (χ1n) is 11.0. The number of ether oxygens (including phenoxy) is 1. The molecular weight excluding hydrogens is 408 g/mol. The molecule has 1 aromatic rings. The number of carbonyl (C=O) groups is 1. The lowest BCUT2D eigenvalue weighted by Gasteiger charge is -2.36. The second kappa shape index (κ2) is 8.12. The Morgan fingerprint density at radius 3 is 2.35 bits per heavy atom. The van der Waals surface area contributed by atoms with Gasteiger partial charge in [-0.15, -0.1) is 11.6 Å². The van der Waals surface area contributed by atoms with Gasteiger partial charge in [0.2, 0.25) is 11.8 Å². The first kappa shape index (κ1) is 23.6. The van der Waals surface area contributed by atoms with E-state index in [1.54, 1.807) is 12.1 Å². The SMILES string of the molecule is CC1(C)CCC(C)(Cl)CC2=C(C=CC(C)(Oc3ccc(C(N)=O)cn3)C=C2)C(C)(C)C1. The first-order valence-corrected chi connectivity index (χ1v) is 11.3. The van der Waals surface area contributed by atoms with Gasteiger partial charge in [-0.2, -0.15) is 0 Å². The van der Waals surface area contributed by atoms with Gasteiger partial charge in [0.25, 0.3) is 0 Å². The summed E-state index contributed by atoms with van der Waals surface area (Å²) in [5.74, 6) is -0.0655. The molecule has 2 atom stereocenters. The van der Waals surface area contributed by atoms with Crippen LogP contribution in [0.25, 0.3) is 0 Å². The Balaban J connectivity index is 1.95. The van der Waals surface area contributed by atoms with Gasteiger partial charge in [-0.3, -0.25) is 4.79 Å². The van der Waals surface area contributed by atoms with Crippen LogP contribution in [-0.2, 0) is 0 Å².